The monoisotopic (exact) mass is 210 g/mol. The number of amides is 1. The van der Waals surface area contributed by atoms with E-state index in [9.17, 15) is 4.79 Å². The average molecular weight is 210 g/mol. The van der Waals surface area contributed by atoms with Crippen molar-refractivity contribution in [2.75, 3.05) is 6.54 Å². The molecule has 3 nitrogen and oxygen atoms in total. The third-order valence-corrected chi connectivity index (χ3v) is 3.64. The third kappa shape index (κ3) is 2.51. The van der Waals surface area contributed by atoms with Gasteiger partial charge in [-0.2, -0.15) is 0 Å². The molecule has 1 saturated heterocycles. The van der Waals surface area contributed by atoms with Gasteiger partial charge in [-0.3, -0.25) is 4.79 Å². The summed E-state index contributed by atoms with van der Waals surface area (Å²) in [7, 11) is 0. The summed E-state index contributed by atoms with van der Waals surface area (Å²) in [6, 6.07) is 1.47. The molecule has 86 valence electrons. The van der Waals surface area contributed by atoms with Crippen LogP contribution in [0.5, 0.6) is 0 Å². The van der Waals surface area contributed by atoms with Crippen molar-refractivity contribution < 1.29 is 4.79 Å². The fourth-order valence-corrected chi connectivity index (χ4v) is 2.15. The van der Waals surface area contributed by atoms with E-state index < -0.39 is 0 Å². The molecule has 3 heteroatoms. The Morgan fingerprint density at radius 2 is 2.00 bits per heavy atom. The van der Waals surface area contributed by atoms with E-state index in [0.717, 1.165) is 6.54 Å². The molecule has 0 aromatic heterocycles. The van der Waals surface area contributed by atoms with Gasteiger partial charge in [-0.25, -0.2) is 0 Å². The Kier molecular flexibility index (Phi) is 3.01. The molecule has 1 aliphatic carbocycles. The van der Waals surface area contributed by atoms with Gasteiger partial charge in [0, 0.05) is 31.1 Å². The maximum absolute atomic E-state index is 11.7. The summed E-state index contributed by atoms with van der Waals surface area (Å²) >= 11 is 0. The number of carbonyl (C=O) groups excluding carboxylic acids is 1. The Balaban J connectivity index is 1.83. The first-order chi connectivity index (χ1) is 7.08. The molecule has 2 rings (SSSR count). The molecule has 1 N–H and O–H groups in total. The van der Waals surface area contributed by atoms with Crippen molar-refractivity contribution >= 4 is 5.91 Å². The molecule has 2 atom stereocenters. The average Bonchev–Trinajstić information content (AvgIpc) is 2.92. The molecule has 2 fully saturated rings. The number of hydrogen-bond donors (Lipinski definition) is 1. The van der Waals surface area contributed by atoms with Crippen molar-refractivity contribution in [1.29, 1.82) is 0 Å². The van der Waals surface area contributed by atoms with Crippen LogP contribution in [0.1, 0.15) is 40.0 Å². The zero-order valence-electron chi connectivity index (χ0n) is 9.99. The topological polar surface area (TPSA) is 32.3 Å². The van der Waals surface area contributed by atoms with Crippen molar-refractivity contribution in [3.05, 3.63) is 0 Å². The summed E-state index contributed by atoms with van der Waals surface area (Å²) in [5.41, 5.74) is 0. The van der Waals surface area contributed by atoms with Crippen LogP contribution in [0.3, 0.4) is 0 Å². The molecular weight excluding hydrogens is 188 g/mol. The molecule has 0 radical (unpaired) electrons. The van der Waals surface area contributed by atoms with Gasteiger partial charge in [0.25, 0.3) is 0 Å². The van der Waals surface area contributed by atoms with Crippen LogP contribution >= 0.6 is 0 Å². The van der Waals surface area contributed by atoms with Crippen LogP contribution in [0.15, 0.2) is 0 Å². The maximum Gasteiger partial charge on any atom is 0.224 e. The predicted octanol–water partition coefficient (Wildman–Crippen LogP) is 1.38. The van der Waals surface area contributed by atoms with Gasteiger partial charge in [-0.1, -0.05) is 13.8 Å². The van der Waals surface area contributed by atoms with Crippen LogP contribution in [-0.2, 0) is 4.79 Å². The SMILES string of the molecule is CC(C)C(C)NC1CC(=O)N(C2CC2)C1. The van der Waals surface area contributed by atoms with Crippen LogP contribution in [0.4, 0.5) is 0 Å². The lowest BCUT2D eigenvalue weighted by Gasteiger charge is -2.22. The van der Waals surface area contributed by atoms with Crippen molar-refractivity contribution in [3.63, 3.8) is 0 Å². The second-order valence-electron chi connectivity index (χ2n) is 5.38. The molecule has 2 unspecified atom stereocenters. The highest BCUT2D eigenvalue weighted by Crippen LogP contribution is 2.30. The maximum atomic E-state index is 11.7. The highest BCUT2D eigenvalue weighted by molar-refractivity contribution is 5.80. The minimum Gasteiger partial charge on any atom is -0.338 e. The predicted molar refractivity (Wildman–Crippen MR) is 60.6 cm³/mol. The van der Waals surface area contributed by atoms with Crippen molar-refractivity contribution in [3.8, 4) is 0 Å². The third-order valence-electron chi connectivity index (χ3n) is 3.64. The number of likely N-dealkylation sites (tertiary alicyclic amines) is 1. The number of nitrogens with zero attached hydrogens (tertiary/aromatic N) is 1. The van der Waals surface area contributed by atoms with E-state index in [0.29, 0.717) is 36.4 Å². The van der Waals surface area contributed by atoms with Crippen molar-refractivity contribution in [2.24, 2.45) is 5.92 Å². The van der Waals surface area contributed by atoms with E-state index in [1.165, 1.54) is 12.8 Å². The number of hydrogen-bond acceptors (Lipinski definition) is 2. The van der Waals surface area contributed by atoms with E-state index >= 15 is 0 Å². The second kappa shape index (κ2) is 4.12. The van der Waals surface area contributed by atoms with Crippen LogP contribution in [0.25, 0.3) is 0 Å². The molecular formula is C12H22N2O. The lowest BCUT2D eigenvalue weighted by atomic mass is 10.1. The summed E-state index contributed by atoms with van der Waals surface area (Å²) < 4.78 is 0. The van der Waals surface area contributed by atoms with E-state index in [-0.39, 0.29) is 0 Å². The van der Waals surface area contributed by atoms with E-state index in [1.807, 2.05) is 0 Å². The summed E-state index contributed by atoms with van der Waals surface area (Å²) in [6.07, 6.45) is 3.14. The molecule has 1 amide bonds. The van der Waals surface area contributed by atoms with E-state index in [4.69, 9.17) is 0 Å². The molecule has 1 aliphatic heterocycles. The van der Waals surface area contributed by atoms with Crippen LogP contribution in [0.2, 0.25) is 0 Å². The Hall–Kier alpha value is -0.570. The first kappa shape index (κ1) is 10.9. The first-order valence-corrected chi connectivity index (χ1v) is 6.13. The summed E-state index contributed by atoms with van der Waals surface area (Å²) in [6.45, 7) is 7.57. The zero-order valence-corrected chi connectivity index (χ0v) is 9.99. The lowest BCUT2D eigenvalue weighted by Crippen LogP contribution is -2.41. The summed E-state index contributed by atoms with van der Waals surface area (Å²) in [5.74, 6) is 0.987. The number of rotatable bonds is 4. The van der Waals surface area contributed by atoms with E-state index in [2.05, 4.69) is 31.0 Å². The zero-order chi connectivity index (χ0) is 11.0. The Morgan fingerprint density at radius 1 is 1.33 bits per heavy atom. The van der Waals surface area contributed by atoms with Crippen LogP contribution in [-0.4, -0.2) is 35.5 Å². The highest BCUT2D eigenvalue weighted by atomic mass is 16.2. The number of carbonyl (C=O) groups is 1. The normalized spacial score (nSPS) is 28.9. The molecule has 0 aromatic carbocycles. The first-order valence-electron chi connectivity index (χ1n) is 6.13. The molecule has 1 heterocycles. The van der Waals surface area contributed by atoms with Crippen LogP contribution < -0.4 is 5.32 Å². The molecule has 2 aliphatic rings. The van der Waals surface area contributed by atoms with Gasteiger partial charge in [0.05, 0.1) is 0 Å². The van der Waals surface area contributed by atoms with Crippen molar-refractivity contribution in [2.45, 2.75) is 58.2 Å². The quantitative estimate of drug-likeness (QED) is 0.760. The Labute approximate surface area is 92.2 Å². The van der Waals surface area contributed by atoms with Crippen molar-refractivity contribution in [1.82, 2.24) is 10.2 Å². The second-order valence-corrected chi connectivity index (χ2v) is 5.38. The largest absolute Gasteiger partial charge is 0.338 e. The number of nitrogens with one attached hydrogen (secondary N) is 1. The summed E-state index contributed by atoms with van der Waals surface area (Å²) in [5, 5.41) is 3.56. The standard InChI is InChI=1S/C12H22N2O/c1-8(2)9(3)13-10-6-12(15)14(7-10)11-4-5-11/h8-11,13H,4-7H2,1-3H3. The van der Waals surface area contributed by atoms with Gasteiger partial charge < -0.3 is 10.2 Å². The molecule has 0 bridgehead atoms. The Bertz CT molecular complexity index is 248. The van der Waals surface area contributed by atoms with Crippen LogP contribution in [0, 0.1) is 5.92 Å². The van der Waals surface area contributed by atoms with Gasteiger partial charge in [-0.15, -0.1) is 0 Å². The fourth-order valence-electron chi connectivity index (χ4n) is 2.15. The lowest BCUT2D eigenvalue weighted by molar-refractivity contribution is -0.128. The molecule has 0 spiro atoms. The van der Waals surface area contributed by atoms with Gasteiger partial charge in [0.15, 0.2) is 0 Å². The molecule has 1 saturated carbocycles. The molecule has 0 aromatic rings. The highest BCUT2D eigenvalue weighted by Gasteiger charge is 2.39. The van der Waals surface area contributed by atoms with Gasteiger partial charge >= 0.3 is 0 Å². The van der Waals surface area contributed by atoms with Gasteiger partial charge in [0.2, 0.25) is 5.91 Å². The molecule has 15 heavy (non-hydrogen) atoms. The van der Waals surface area contributed by atoms with Gasteiger partial charge in [0.1, 0.15) is 0 Å². The smallest absolute Gasteiger partial charge is 0.224 e. The Morgan fingerprint density at radius 3 is 2.53 bits per heavy atom. The minimum atomic E-state index is 0.353. The summed E-state index contributed by atoms with van der Waals surface area (Å²) in [4.78, 5) is 13.8. The van der Waals surface area contributed by atoms with Gasteiger partial charge in [-0.05, 0) is 25.7 Å². The minimum absolute atomic E-state index is 0.353. The fraction of sp³-hybridized carbons (Fsp3) is 0.917. The van der Waals surface area contributed by atoms with E-state index in [1.54, 1.807) is 0 Å².